The van der Waals surface area contributed by atoms with Gasteiger partial charge in [0, 0.05) is 12.8 Å². The second kappa shape index (κ2) is 37.6. The molecule has 0 aromatic carbocycles. The fourth-order valence-electron chi connectivity index (χ4n) is 5.20. The predicted octanol–water partition coefficient (Wildman–Crippen LogP) is 11.4. The Morgan fingerprint density at radius 2 is 0.940 bits per heavy atom. The van der Waals surface area contributed by atoms with Crippen molar-refractivity contribution in [2.75, 3.05) is 13.2 Å². The van der Waals surface area contributed by atoms with Crippen LogP contribution in [0, 0.1) is 5.92 Å². The van der Waals surface area contributed by atoms with E-state index in [1.54, 1.807) is 12.2 Å². The lowest BCUT2D eigenvalue weighted by Gasteiger charge is -2.12. The monoisotopic (exact) mass is 699 g/mol. The summed E-state index contributed by atoms with van der Waals surface area (Å²) in [5.74, 6) is -0.00485. The van der Waals surface area contributed by atoms with Crippen LogP contribution in [0.15, 0.2) is 72.9 Å². The van der Waals surface area contributed by atoms with E-state index in [1.807, 2.05) is 12.2 Å². The predicted molar refractivity (Wildman–Crippen MR) is 211 cm³/mol. The van der Waals surface area contributed by atoms with Gasteiger partial charge < -0.3 is 19.7 Å². The summed E-state index contributed by atoms with van der Waals surface area (Å²) in [5, 5.41) is 20.1. The van der Waals surface area contributed by atoms with E-state index in [1.165, 1.54) is 70.6 Å². The first-order valence-corrected chi connectivity index (χ1v) is 20.0. The van der Waals surface area contributed by atoms with Crippen LogP contribution in [-0.2, 0) is 19.1 Å². The number of hydrogen-bond acceptors (Lipinski definition) is 6. The number of aliphatic hydroxyl groups excluding tert-OH is 2. The highest BCUT2D eigenvalue weighted by atomic mass is 16.6. The molecule has 0 spiro atoms. The summed E-state index contributed by atoms with van der Waals surface area (Å²) < 4.78 is 10.2. The average Bonchev–Trinajstić information content (AvgIpc) is 3.10. The SMILES string of the molecule is CC/C=C\C/C=C\C/C=C\C/C=C\C/C=C\C=C/C(O)CCC(=O)OC[C@H](O)COC(=O)CCCCCCCCCCCCCCCC(C)C. The van der Waals surface area contributed by atoms with Crippen LogP contribution in [0.3, 0.4) is 0 Å². The van der Waals surface area contributed by atoms with Crippen molar-refractivity contribution in [3.63, 3.8) is 0 Å². The molecule has 0 rings (SSSR count). The molecule has 0 saturated heterocycles. The Balaban J connectivity index is 3.68. The molecule has 0 amide bonds. The summed E-state index contributed by atoms with van der Waals surface area (Å²) in [7, 11) is 0. The molecule has 50 heavy (non-hydrogen) atoms. The van der Waals surface area contributed by atoms with Gasteiger partial charge in [-0.25, -0.2) is 0 Å². The molecular formula is C44H74O6. The maximum atomic E-state index is 12.0. The number of allylic oxidation sites excluding steroid dienone is 11. The molecule has 6 nitrogen and oxygen atoms in total. The summed E-state index contributed by atoms with van der Waals surface area (Å²) in [5.41, 5.74) is 0. The van der Waals surface area contributed by atoms with Crippen molar-refractivity contribution < 1.29 is 29.3 Å². The number of rotatable bonds is 34. The Bertz CT molecular complexity index is 958. The molecule has 0 bridgehead atoms. The molecule has 0 aliphatic carbocycles. The molecule has 6 heteroatoms. The largest absolute Gasteiger partial charge is 0.463 e. The highest BCUT2D eigenvalue weighted by Gasteiger charge is 2.13. The van der Waals surface area contributed by atoms with Gasteiger partial charge in [-0.1, -0.05) is 177 Å². The van der Waals surface area contributed by atoms with Crippen LogP contribution < -0.4 is 0 Å². The van der Waals surface area contributed by atoms with Crippen LogP contribution in [0.5, 0.6) is 0 Å². The van der Waals surface area contributed by atoms with Gasteiger partial charge in [-0.2, -0.15) is 0 Å². The van der Waals surface area contributed by atoms with Gasteiger partial charge in [0.2, 0.25) is 0 Å². The maximum Gasteiger partial charge on any atom is 0.305 e. The van der Waals surface area contributed by atoms with Gasteiger partial charge in [-0.3, -0.25) is 9.59 Å². The Morgan fingerprint density at radius 3 is 1.42 bits per heavy atom. The number of hydrogen-bond donors (Lipinski definition) is 2. The summed E-state index contributed by atoms with van der Waals surface area (Å²) in [4.78, 5) is 24.0. The van der Waals surface area contributed by atoms with Gasteiger partial charge in [0.25, 0.3) is 0 Å². The van der Waals surface area contributed by atoms with Gasteiger partial charge in [-0.15, -0.1) is 0 Å². The van der Waals surface area contributed by atoms with E-state index in [-0.39, 0.29) is 32.0 Å². The Hall–Kier alpha value is -2.70. The van der Waals surface area contributed by atoms with Gasteiger partial charge in [-0.05, 0) is 50.9 Å². The molecule has 1 unspecified atom stereocenters. The molecule has 0 aliphatic rings. The van der Waals surface area contributed by atoms with Gasteiger partial charge in [0.05, 0.1) is 6.10 Å². The highest BCUT2D eigenvalue weighted by molar-refractivity contribution is 5.69. The fraction of sp³-hybridized carbons (Fsp3) is 0.682. The molecule has 0 aromatic heterocycles. The van der Waals surface area contributed by atoms with E-state index in [4.69, 9.17) is 9.47 Å². The van der Waals surface area contributed by atoms with E-state index in [0.717, 1.165) is 57.3 Å². The topological polar surface area (TPSA) is 93.1 Å². The number of aliphatic hydroxyl groups is 2. The molecule has 0 radical (unpaired) electrons. The van der Waals surface area contributed by atoms with E-state index in [9.17, 15) is 19.8 Å². The van der Waals surface area contributed by atoms with Crippen LogP contribution >= 0.6 is 0 Å². The molecular weight excluding hydrogens is 624 g/mol. The van der Waals surface area contributed by atoms with Crippen molar-refractivity contribution in [1.29, 1.82) is 0 Å². The van der Waals surface area contributed by atoms with Crippen LogP contribution in [0.25, 0.3) is 0 Å². The number of carbonyl (C=O) groups excluding carboxylic acids is 2. The van der Waals surface area contributed by atoms with Crippen LogP contribution in [0.1, 0.15) is 162 Å². The number of unbranched alkanes of at least 4 members (excludes halogenated alkanes) is 12. The number of ether oxygens (including phenoxy) is 2. The smallest absolute Gasteiger partial charge is 0.305 e. The first kappa shape index (κ1) is 47.3. The van der Waals surface area contributed by atoms with Crippen LogP contribution in [0.4, 0.5) is 0 Å². The zero-order valence-corrected chi connectivity index (χ0v) is 32.2. The second-order valence-electron chi connectivity index (χ2n) is 13.7. The summed E-state index contributed by atoms with van der Waals surface area (Å²) in [6, 6.07) is 0. The Labute approximate surface area is 306 Å². The lowest BCUT2D eigenvalue weighted by atomic mass is 10.0. The Kier molecular flexibility index (Phi) is 35.5. The lowest BCUT2D eigenvalue weighted by molar-refractivity contribution is -0.152. The van der Waals surface area contributed by atoms with Crippen molar-refractivity contribution in [2.24, 2.45) is 5.92 Å². The van der Waals surface area contributed by atoms with Crippen molar-refractivity contribution in [3.8, 4) is 0 Å². The third-order valence-electron chi connectivity index (χ3n) is 8.25. The minimum Gasteiger partial charge on any atom is -0.463 e. The first-order chi connectivity index (χ1) is 24.3. The molecule has 2 atom stereocenters. The molecule has 0 heterocycles. The van der Waals surface area contributed by atoms with E-state index >= 15 is 0 Å². The maximum absolute atomic E-state index is 12.0. The van der Waals surface area contributed by atoms with Crippen molar-refractivity contribution in [3.05, 3.63) is 72.9 Å². The summed E-state index contributed by atoms with van der Waals surface area (Å²) >= 11 is 0. The average molecular weight is 699 g/mol. The fourth-order valence-corrected chi connectivity index (χ4v) is 5.20. The zero-order valence-electron chi connectivity index (χ0n) is 32.2. The number of esters is 2. The molecule has 0 fully saturated rings. The normalized spacial score (nSPS) is 13.7. The number of carbonyl (C=O) groups is 2. The van der Waals surface area contributed by atoms with Crippen LogP contribution in [0.2, 0.25) is 0 Å². The van der Waals surface area contributed by atoms with Crippen molar-refractivity contribution >= 4 is 11.9 Å². The zero-order chi connectivity index (χ0) is 36.8. The first-order valence-electron chi connectivity index (χ1n) is 20.0. The Morgan fingerprint density at radius 1 is 0.520 bits per heavy atom. The minimum atomic E-state index is -1.06. The molecule has 2 N–H and O–H groups in total. The van der Waals surface area contributed by atoms with Crippen molar-refractivity contribution in [2.45, 2.75) is 174 Å². The lowest BCUT2D eigenvalue weighted by Crippen LogP contribution is -2.25. The van der Waals surface area contributed by atoms with Crippen LogP contribution in [-0.4, -0.2) is 47.6 Å². The molecule has 0 aliphatic heterocycles. The summed E-state index contributed by atoms with van der Waals surface area (Å²) in [6.07, 6.45) is 45.8. The van der Waals surface area contributed by atoms with E-state index in [0.29, 0.717) is 6.42 Å². The van der Waals surface area contributed by atoms with Crippen molar-refractivity contribution in [1.82, 2.24) is 0 Å². The van der Waals surface area contributed by atoms with Gasteiger partial charge in [0.15, 0.2) is 0 Å². The van der Waals surface area contributed by atoms with Gasteiger partial charge >= 0.3 is 11.9 Å². The molecule has 0 aromatic rings. The highest BCUT2D eigenvalue weighted by Crippen LogP contribution is 2.15. The third-order valence-corrected chi connectivity index (χ3v) is 8.25. The third kappa shape index (κ3) is 38.1. The minimum absolute atomic E-state index is 0.0301. The standard InChI is InChI=1S/C44H74O6/c1-4-5-6-7-8-9-10-11-12-13-16-19-22-25-28-31-34-41(45)36-37-44(48)50-39-42(46)38-49-43(47)35-32-29-26-23-20-17-14-15-18-21-24-27-30-33-40(2)3/h5-6,8-9,11-12,16,19,25,28,31,34,40-42,45-46H,4,7,10,13-15,17-18,20-24,26-27,29-30,32-33,35-39H2,1-3H3/b6-5-,9-8-,12-11-,19-16-,28-25-,34-31-/t41?,42-/m1/s1. The second-order valence-corrected chi connectivity index (χ2v) is 13.7. The summed E-state index contributed by atoms with van der Waals surface area (Å²) in [6.45, 7) is 6.31. The molecule has 0 saturated carbocycles. The van der Waals surface area contributed by atoms with E-state index < -0.39 is 18.2 Å². The molecule has 286 valence electrons. The van der Waals surface area contributed by atoms with E-state index in [2.05, 4.69) is 69.4 Å². The quantitative estimate of drug-likeness (QED) is 0.0301. The van der Waals surface area contributed by atoms with Gasteiger partial charge in [0.1, 0.15) is 19.3 Å².